The van der Waals surface area contributed by atoms with Crippen LogP contribution in [0.25, 0.3) is 11.3 Å². The summed E-state index contributed by atoms with van der Waals surface area (Å²) >= 11 is 3.36. The molecule has 2 nitrogen and oxygen atoms in total. The van der Waals surface area contributed by atoms with Gasteiger partial charge < -0.3 is 4.74 Å². The number of ether oxygens (including phenoxy) is 1. The van der Waals surface area contributed by atoms with E-state index in [1.54, 1.807) is 12.1 Å². The third-order valence-corrected chi connectivity index (χ3v) is 3.34. The van der Waals surface area contributed by atoms with Gasteiger partial charge in [-0.25, -0.2) is 9.37 Å². The highest BCUT2D eigenvalue weighted by molar-refractivity contribution is 9.10. The van der Waals surface area contributed by atoms with Crippen molar-refractivity contribution in [2.24, 2.45) is 0 Å². The van der Waals surface area contributed by atoms with Crippen molar-refractivity contribution in [1.82, 2.24) is 4.98 Å². The van der Waals surface area contributed by atoms with Crippen molar-refractivity contribution >= 4 is 15.9 Å². The molecule has 0 saturated carbocycles. The second-order valence-corrected chi connectivity index (χ2v) is 5.24. The fraction of sp³-hybridized carbons (Fsp3) is 0. The summed E-state index contributed by atoms with van der Waals surface area (Å²) in [5.41, 5.74) is 1.81. The SMILES string of the molecule is Fc1ccc(Oc2cccc(-c3cccc(Br)n3)c2)cc1. The second kappa shape index (κ2) is 6.06. The average molecular weight is 344 g/mol. The Bertz CT molecular complexity index is 759. The number of hydrogen-bond donors (Lipinski definition) is 0. The fourth-order valence-electron chi connectivity index (χ4n) is 1.93. The van der Waals surface area contributed by atoms with Gasteiger partial charge in [-0.2, -0.15) is 0 Å². The highest BCUT2D eigenvalue weighted by Crippen LogP contribution is 2.27. The second-order valence-electron chi connectivity index (χ2n) is 4.43. The molecule has 0 aliphatic carbocycles. The molecule has 104 valence electrons. The van der Waals surface area contributed by atoms with E-state index in [4.69, 9.17) is 4.74 Å². The molecule has 0 bridgehead atoms. The predicted molar refractivity (Wildman–Crippen MR) is 83.8 cm³/mol. The maximum atomic E-state index is 12.9. The summed E-state index contributed by atoms with van der Waals surface area (Å²) in [5, 5.41) is 0. The van der Waals surface area contributed by atoms with Gasteiger partial charge in [-0.1, -0.05) is 18.2 Å². The lowest BCUT2D eigenvalue weighted by Crippen LogP contribution is -1.87. The summed E-state index contributed by atoms with van der Waals surface area (Å²) < 4.78 is 19.4. The van der Waals surface area contributed by atoms with Crippen molar-refractivity contribution in [1.29, 1.82) is 0 Å². The van der Waals surface area contributed by atoms with E-state index in [1.807, 2.05) is 42.5 Å². The van der Waals surface area contributed by atoms with E-state index in [2.05, 4.69) is 20.9 Å². The number of halogens is 2. The quantitative estimate of drug-likeness (QED) is 0.590. The molecule has 4 heteroatoms. The third kappa shape index (κ3) is 3.47. The summed E-state index contributed by atoms with van der Waals surface area (Å²) in [6, 6.07) is 19.3. The highest BCUT2D eigenvalue weighted by Gasteiger charge is 2.03. The molecular formula is C17H11BrFNO. The van der Waals surface area contributed by atoms with Crippen LogP contribution in [0.1, 0.15) is 0 Å². The van der Waals surface area contributed by atoms with Gasteiger partial charge in [0.15, 0.2) is 0 Å². The van der Waals surface area contributed by atoms with Crippen LogP contribution in [0.2, 0.25) is 0 Å². The number of nitrogens with zero attached hydrogens (tertiary/aromatic N) is 1. The van der Waals surface area contributed by atoms with Crippen molar-refractivity contribution in [2.75, 3.05) is 0 Å². The first-order chi connectivity index (χ1) is 10.2. The van der Waals surface area contributed by atoms with Crippen LogP contribution in [0.15, 0.2) is 71.3 Å². The Morgan fingerprint density at radius 2 is 1.62 bits per heavy atom. The lowest BCUT2D eigenvalue weighted by Gasteiger charge is -2.07. The number of pyridine rings is 1. The highest BCUT2D eigenvalue weighted by atomic mass is 79.9. The first-order valence-corrected chi connectivity index (χ1v) is 7.16. The molecular weight excluding hydrogens is 333 g/mol. The summed E-state index contributed by atoms with van der Waals surface area (Å²) in [7, 11) is 0. The molecule has 1 heterocycles. The normalized spacial score (nSPS) is 10.4. The van der Waals surface area contributed by atoms with Gasteiger partial charge in [0.2, 0.25) is 0 Å². The van der Waals surface area contributed by atoms with Gasteiger partial charge in [0, 0.05) is 5.56 Å². The van der Waals surface area contributed by atoms with Gasteiger partial charge in [-0.15, -0.1) is 0 Å². The van der Waals surface area contributed by atoms with E-state index >= 15 is 0 Å². The lowest BCUT2D eigenvalue weighted by molar-refractivity contribution is 0.481. The Hall–Kier alpha value is -2.20. The number of benzene rings is 2. The van der Waals surface area contributed by atoms with Crippen molar-refractivity contribution in [3.05, 3.63) is 77.2 Å². The van der Waals surface area contributed by atoms with E-state index < -0.39 is 0 Å². The van der Waals surface area contributed by atoms with Gasteiger partial charge in [0.05, 0.1) is 5.69 Å². The minimum absolute atomic E-state index is 0.283. The summed E-state index contributed by atoms with van der Waals surface area (Å²) in [6.45, 7) is 0. The molecule has 3 rings (SSSR count). The molecule has 2 aromatic carbocycles. The van der Waals surface area contributed by atoms with Crippen LogP contribution in [-0.2, 0) is 0 Å². The van der Waals surface area contributed by atoms with Crippen LogP contribution in [-0.4, -0.2) is 4.98 Å². The Kier molecular flexibility index (Phi) is 3.97. The van der Waals surface area contributed by atoms with E-state index in [-0.39, 0.29) is 5.82 Å². The summed E-state index contributed by atoms with van der Waals surface area (Å²) in [5.74, 6) is 0.992. The summed E-state index contributed by atoms with van der Waals surface area (Å²) in [4.78, 5) is 4.41. The minimum Gasteiger partial charge on any atom is -0.457 e. The standard InChI is InChI=1S/C17H11BrFNO/c18-17-6-2-5-16(20-17)12-3-1-4-15(11-12)21-14-9-7-13(19)8-10-14/h1-11H. The average Bonchev–Trinajstić information content (AvgIpc) is 2.50. The Morgan fingerprint density at radius 3 is 2.38 bits per heavy atom. The first-order valence-electron chi connectivity index (χ1n) is 6.37. The van der Waals surface area contributed by atoms with Crippen molar-refractivity contribution in [3.8, 4) is 22.8 Å². The third-order valence-electron chi connectivity index (χ3n) is 2.89. The van der Waals surface area contributed by atoms with Crippen molar-refractivity contribution < 1.29 is 9.13 Å². The lowest BCUT2D eigenvalue weighted by atomic mass is 10.1. The molecule has 0 unspecified atom stereocenters. The molecule has 0 aliphatic rings. The minimum atomic E-state index is -0.283. The molecule has 0 saturated heterocycles. The summed E-state index contributed by atoms with van der Waals surface area (Å²) in [6.07, 6.45) is 0. The molecule has 0 radical (unpaired) electrons. The molecule has 3 aromatic rings. The molecule has 1 aromatic heterocycles. The van der Waals surface area contributed by atoms with E-state index in [9.17, 15) is 4.39 Å². The fourth-order valence-corrected chi connectivity index (χ4v) is 2.27. The van der Waals surface area contributed by atoms with Crippen LogP contribution in [0.5, 0.6) is 11.5 Å². The molecule has 0 aliphatic heterocycles. The zero-order chi connectivity index (χ0) is 14.7. The number of rotatable bonds is 3. The van der Waals surface area contributed by atoms with Crippen LogP contribution >= 0.6 is 15.9 Å². The molecule has 0 spiro atoms. The monoisotopic (exact) mass is 343 g/mol. The topological polar surface area (TPSA) is 22.1 Å². The van der Waals surface area contributed by atoms with Gasteiger partial charge in [-0.05, 0) is 64.5 Å². The van der Waals surface area contributed by atoms with Gasteiger partial charge in [-0.3, -0.25) is 0 Å². The largest absolute Gasteiger partial charge is 0.457 e. The molecule has 21 heavy (non-hydrogen) atoms. The maximum absolute atomic E-state index is 12.9. The number of hydrogen-bond acceptors (Lipinski definition) is 2. The Labute approximate surface area is 130 Å². The maximum Gasteiger partial charge on any atom is 0.128 e. The Balaban J connectivity index is 1.88. The molecule has 0 atom stereocenters. The van der Waals surface area contributed by atoms with Gasteiger partial charge >= 0.3 is 0 Å². The predicted octanol–water partition coefficient (Wildman–Crippen LogP) is 5.44. The van der Waals surface area contributed by atoms with Crippen LogP contribution in [0, 0.1) is 5.82 Å². The van der Waals surface area contributed by atoms with E-state index in [0.29, 0.717) is 11.5 Å². The zero-order valence-corrected chi connectivity index (χ0v) is 12.5. The van der Waals surface area contributed by atoms with Gasteiger partial charge in [0.25, 0.3) is 0 Å². The number of aromatic nitrogens is 1. The molecule has 0 amide bonds. The zero-order valence-electron chi connectivity index (χ0n) is 11.0. The van der Waals surface area contributed by atoms with E-state index in [1.165, 1.54) is 12.1 Å². The van der Waals surface area contributed by atoms with Gasteiger partial charge in [0.1, 0.15) is 21.9 Å². The smallest absolute Gasteiger partial charge is 0.128 e. The van der Waals surface area contributed by atoms with Crippen LogP contribution < -0.4 is 4.74 Å². The Morgan fingerprint density at radius 1 is 0.857 bits per heavy atom. The molecule has 0 N–H and O–H groups in total. The van der Waals surface area contributed by atoms with Crippen LogP contribution in [0.3, 0.4) is 0 Å². The van der Waals surface area contributed by atoms with Crippen LogP contribution in [0.4, 0.5) is 4.39 Å². The first kappa shape index (κ1) is 13.8. The van der Waals surface area contributed by atoms with Crippen molar-refractivity contribution in [3.63, 3.8) is 0 Å². The van der Waals surface area contributed by atoms with E-state index in [0.717, 1.165) is 15.9 Å². The van der Waals surface area contributed by atoms with Crippen molar-refractivity contribution in [2.45, 2.75) is 0 Å². The molecule has 0 fully saturated rings.